The zero-order valence-corrected chi connectivity index (χ0v) is 9.93. The number of hydrogen-bond donors (Lipinski definition) is 1. The van der Waals surface area contributed by atoms with Gasteiger partial charge in [0.15, 0.2) is 0 Å². The quantitative estimate of drug-likeness (QED) is 0.882. The van der Waals surface area contributed by atoms with Crippen LogP contribution in [0.15, 0.2) is 24.3 Å². The maximum Gasteiger partial charge on any atom is 0.352 e. The molecule has 0 fully saturated rings. The SMILES string of the molecule is CCc1ccc2c(c1)cc(C(=O)O)n2COC. The van der Waals surface area contributed by atoms with E-state index in [1.54, 1.807) is 17.7 Å². The molecule has 2 aromatic rings. The van der Waals surface area contributed by atoms with E-state index in [4.69, 9.17) is 9.84 Å². The van der Waals surface area contributed by atoms with Gasteiger partial charge in [-0.2, -0.15) is 0 Å². The van der Waals surface area contributed by atoms with Crippen molar-refractivity contribution < 1.29 is 14.6 Å². The van der Waals surface area contributed by atoms with Gasteiger partial charge in [-0.1, -0.05) is 13.0 Å². The fourth-order valence-corrected chi connectivity index (χ4v) is 1.99. The first-order valence-electron chi connectivity index (χ1n) is 5.51. The number of nitrogens with zero attached hydrogens (tertiary/aromatic N) is 1. The largest absolute Gasteiger partial charge is 0.477 e. The topological polar surface area (TPSA) is 51.5 Å². The Morgan fingerprint density at radius 1 is 1.41 bits per heavy atom. The molecule has 4 nitrogen and oxygen atoms in total. The first-order valence-corrected chi connectivity index (χ1v) is 5.51. The van der Waals surface area contributed by atoms with Crippen molar-refractivity contribution in [1.82, 2.24) is 4.57 Å². The second-order valence-corrected chi connectivity index (χ2v) is 3.93. The summed E-state index contributed by atoms with van der Waals surface area (Å²) >= 11 is 0. The van der Waals surface area contributed by atoms with Crippen molar-refractivity contribution in [2.45, 2.75) is 20.1 Å². The van der Waals surface area contributed by atoms with Crippen molar-refractivity contribution in [3.8, 4) is 0 Å². The molecule has 0 amide bonds. The van der Waals surface area contributed by atoms with Crippen molar-refractivity contribution in [2.24, 2.45) is 0 Å². The molecule has 1 N–H and O–H groups in total. The van der Waals surface area contributed by atoms with Crippen LogP contribution in [0.4, 0.5) is 0 Å². The van der Waals surface area contributed by atoms with Gasteiger partial charge < -0.3 is 14.4 Å². The lowest BCUT2D eigenvalue weighted by molar-refractivity contribution is 0.0664. The lowest BCUT2D eigenvalue weighted by atomic mass is 10.1. The molecule has 4 heteroatoms. The van der Waals surface area contributed by atoms with Gasteiger partial charge in [-0.25, -0.2) is 4.79 Å². The summed E-state index contributed by atoms with van der Waals surface area (Å²) in [7, 11) is 1.55. The van der Waals surface area contributed by atoms with E-state index < -0.39 is 5.97 Å². The van der Waals surface area contributed by atoms with Crippen LogP contribution in [-0.4, -0.2) is 22.8 Å². The highest BCUT2D eigenvalue weighted by Gasteiger charge is 2.14. The Labute approximate surface area is 99.4 Å². The summed E-state index contributed by atoms with van der Waals surface area (Å²) in [6, 6.07) is 7.67. The van der Waals surface area contributed by atoms with Crippen LogP contribution in [0, 0.1) is 0 Å². The van der Waals surface area contributed by atoms with E-state index in [-0.39, 0.29) is 12.4 Å². The third-order valence-corrected chi connectivity index (χ3v) is 2.85. The number of carboxylic acids is 1. The molecular weight excluding hydrogens is 218 g/mol. The Balaban J connectivity index is 2.65. The second-order valence-electron chi connectivity index (χ2n) is 3.93. The number of ether oxygens (including phenoxy) is 1. The van der Waals surface area contributed by atoms with Gasteiger partial charge in [0.1, 0.15) is 12.4 Å². The molecule has 0 bridgehead atoms. The number of aromatic carboxylic acids is 1. The monoisotopic (exact) mass is 233 g/mol. The Morgan fingerprint density at radius 2 is 2.18 bits per heavy atom. The van der Waals surface area contributed by atoms with Crippen molar-refractivity contribution >= 4 is 16.9 Å². The van der Waals surface area contributed by atoms with Gasteiger partial charge >= 0.3 is 5.97 Å². The molecule has 1 heterocycles. The van der Waals surface area contributed by atoms with Crippen LogP contribution in [-0.2, 0) is 17.9 Å². The molecule has 0 spiro atoms. The van der Waals surface area contributed by atoms with E-state index in [0.717, 1.165) is 17.3 Å². The van der Waals surface area contributed by atoms with Crippen LogP contribution in [0.25, 0.3) is 10.9 Å². The van der Waals surface area contributed by atoms with Crippen LogP contribution in [0.3, 0.4) is 0 Å². The first kappa shape index (κ1) is 11.7. The van der Waals surface area contributed by atoms with Crippen molar-refractivity contribution in [3.63, 3.8) is 0 Å². The van der Waals surface area contributed by atoms with E-state index in [9.17, 15) is 4.79 Å². The molecule has 0 unspecified atom stereocenters. The summed E-state index contributed by atoms with van der Waals surface area (Å²) in [5.41, 5.74) is 2.35. The molecule has 2 rings (SSSR count). The Morgan fingerprint density at radius 3 is 2.76 bits per heavy atom. The van der Waals surface area contributed by atoms with E-state index in [2.05, 4.69) is 6.92 Å². The zero-order chi connectivity index (χ0) is 12.4. The number of aryl methyl sites for hydroxylation is 1. The Hall–Kier alpha value is -1.81. The molecule has 1 aromatic carbocycles. The van der Waals surface area contributed by atoms with Crippen LogP contribution >= 0.6 is 0 Å². The van der Waals surface area contributed by atoms with Crippen molar-refractivity contribution in [2.75, 3.05) is 7.11 Å². The number of benzene rings is 1. The van der Waals surface area contributed by atoms with E-state index in [1.165, 1.54) is 5.56 Å². The molecule has 0 radical (unpaired) electrons. The summed E-state index contributed by atoms with van der Waals surface area (Å²) in [6.45, 7) is 2.32. The first-order chi connectivity index (χ1) is 8.17. The number of aromatic nitrogens is 1. The number of carbonyl (C=O) groups is 1. The van der Waals surface area contributed by atoms with E-state index in [1.807, 2.05) is 18.2 Å². The average molecular weight is 233 g/mol. The minimum absolute atomic E-state index is 0.247. The maximum absolute atomic E-state index is 11.1. The third kappa shape index (κ3) is 2.03. The predicted octanol–water partition coefficient (Wildman–Crippen LogP) is 2.51. The highest BCUT2D eigenvalue weighted by Crippen LogP contribution is 2.22. The average Bonchev–Trinajstić information content (AvgIpc) is 2.68. The Bertz CT molecular complexity index is 557. The van der Waals surface area contributed by atoms with Crippen molar-refractivity contribution in [1.29, 1.82) is 0 Å². The summed E-state index contributed by atoms with van der Waals surface area (Å²) in [4.78, 5) is 11.1. The molecule has 17 heavy (non-hydrogen) atoms. The van der Waals surface area contributed by atoms with Crippen LogP contribution in [0.5, 0.6) is 0 Å². The lowest BCUT2D eigenvalue weighted by Crippen LogP contribution is -2.09. The minimum atomic E-state index is -0.934. The molecule has 0 aliphatic rings. The van der Waals surface area contributed by atoms with Gasteiger partial charge in [0.05, 0.1) is 5.52 Å². The number of rotatable bonds is 4. The molecule has 0 atom stereocenters. The van der Waals surface area contributed by atoms with Gasteiger partial charge in [-0.3, -0.25) is 0 Å². The number of hydrogen-bond acceptors (Lipinski definition) is 2. The minimum Gasteiger partial charge on any atom is -0.477 e. The summed E-state index contributed by atoms with van der Waals surface area (Å²) in [6.07, 6.45) is 0.938. The predicted molar refractivity (Wildman–Crippen MR) is 65.3 cm³/mol. The van der Waals surface area contributed by atoms with Gasteiger partial charge in [0.25, 0.3) is 0 Å². The third-order valence-electron chi connectivity index (χ3n) is 2.85. The summed E-state index contributed by atoms with van der Waals surface area (Å²) < 4.78 is 6.71. The van der Waals surface area contributed by atoms with E-state index >= 15 is 0 Å². The standard InChI is InChI=1S/C13H15NO3/c1-3-9-4-5-11-10(6-9)7-12(13(15)16)14(11)8-17-2/h4-7H,3,8H2,1-2H3,(H,15,16). The Kier molecular flexibility index (Phi) is 3.15. The van der Waals surface area contributed by atoms with Crippen LogP contribution < -0.4 is 0 Å². The highest BCUT2D eigenvalue weighted by atomic mass is 16.5. The molecule has 1 aromatic heterocycles. The van der Waals surface area contributed by atoms with Gasteiger partial charge in [0.2, 0.25) is 0 Å². The molecule has 0 saturated heterocycles. The fraction of sp³-hybridized carbons (Fsp3) is 0.308. The van der Waals surface area contributed by atoms with Crippen LogP contribution in [0.2, 0.25) is 0 Å². The lowest BCUT2D eigenvalue weighted by Gasteiger charge is -2.06. The zero-order valence-electron chi connectivity index (χ0n) is 9.93. The second kappa shape index (κ2) is 4.59. The summed E-state index contributed by atoms with van der Waals surface area (Å²) in [5.74, 6) is -0.934. The van der Waals surface area contributed by atoms with Crippen molar-refractivity contribution in [3.05, 3.63) is 35.5 Å². The number of methoxy groups -OCH3 is 1. The van der Waals surface area contributed by atoms with Gasteiger partial charge in [0, 0.05) is 12.5 Å². The summed E-state index contributed by atoms with van der Waals surface area (Å²) in [5, 5.41) is 10.1. The molecule has 0 saturated carbocycles. The van der Waals surface area contributed by atoms with Gasteiger partial charge in [-0.05, 0) is 30.2 Å². The fourth-order valence-electron chi connectivity index (χ4n) is 1.99. The normalized spacial score (nSPS) is 10.9. The molecule has 0 aliphatic carbocycles. The number of carboxylic acid groups (broad SMARTS) is 1. The highest BCUT2D eigenvalue weighted by molar-refractivity contribution is 5.94. The molecule has 90 valence electrons. The number of fused-ring (bicyclic) bond motifs is 1. The van der Waals surface area contributed by atoms with Crippen LogP contribution in [0.1, 0.15) is 23.0 Å². The molecular formula is C13H15NO3. The van der Waals surface area contributed by atoms with E-state index in [0.29, 0.717) is 0 Å². The van der Waals surface area contributed by atoms with Gasteiger partial charge in [-0.15, -0.1) is 0 Å². The molecule has 0 aliphatic heterocycles. The smallest absolute Gasteiger partial charge is 0.352 e. The maximum atomic E-state index is 11.1.